The molecule has 2 heterocycles. The van der Waals surface area contributed by atoms with Gasteiger partial charge in [-0.1, -0.05) is 34.1 Å². The lowest BCUT2D eigenvalue weighted by atomic mass is 9.89. The van der Waals surface area contributed by atoms with Gasteiger partial charge in [-0.25, -0.2) is 9.69 Å². The van der Waals surface area contributed by atoms with Crippen LogP contribution in [0.15, 0.2) is 53.0 Å². The maximum absolute atomic E-state index is 12.9. The normalized spacial score (nSPS) is 20.4. The maximum atomic E-state index is 12.9. The summed E-state index contributed by atoms with van der Waals surface area (Å²) in [5.41, 5.74) is 1.93. The summed E-state index contributed by atoms with van der Waals surface area (Å²) in [5.74, 6) is 1.42. The van der Waals surface area contributed by atoms with Crippen LogP contribution in [0.5, 0.6) is 5.75 Å². The predicted molar refractivity (Wildman–Crippen MR) is 134 cm³/mol. The van der Waals surface area contributed by atoms with Crippen LogP contribution in [0, 0.1) is 5.92 Å². The van der Waals surface area contributed by atoms with Crippen LogP contribution in [-0.4, -0.2) is 61.1 Å². The van der Waals surface area contributed by atoms with Crippen molar-refractivity contribution in [3.63, 3.8) is 0 Å². The molecule has 2 aliphatic heterocycles. The molecule has 0 saturated carbocycles. The van der Waals surface area contributed by atoms with Gasteiger partial charge in [-0.3, -0.25) is 4.79 Å². The highest BCUT2D eigenvalue weighted by molar-refractivity contribution is 9.10. The number of anilines is 1. The van der Waals surface area contributed by atoms with E-state index < -0.39 is 0 Å². The zero-order chi connectivity index (χ0) is 23.4. The summed E-state index contributed by atoms with van der Waals surface area (Å²) < 4.78 is 6.80. The van der Waals surface area contributed by atoms with Gasteiger partial charge in [0, 0.05) is 24.5 Å². The van der Waals surface area contributed by atoms with Crippen LogP contribution >= 0.6 is 15.9 Å². The first kappa shape index (κ1) is 23.8. The van der Waals surface area contributed by atoms with Gasteiger partial charge in [0.05, 0.1) is 18.3 Å². The second-order valence-corrected chi connectivity index (χ2v) is 9.80. The van der Waals surface area contributed by atoms with Gasteiger partial charge < -0.3 is 14.5 Å². The van der Waals surface area contributed by atoms with Crippen LogP contribution in [0.4, 0.5) is 10.5 Å². The van der Waals surface area contributed by atoms with Gasteiger partial charge in [0.1, 0.15) is 5.75 Å². The average molecular weight is 514 g/mol. The number of ether oxygens (including phenoxy) is 1. The molecule has 4 rings (SSSR count). The first-order valence-corrected chi connectivity index (χ1v) is 12.5. The van der Waals surface area contributed by atoms with Crippen LogP contribution in [0.2, 0.25) is 0 Å². The number of likely N-dealkylation sites (N-methyl/N-ethyl adjacent to an activating group) is 1. The molecule has 1 unspecified atom stereocenters. The molecular weight excluding hydrogens is 482 g/mol. The topological polar surface area (TPSA) is 53.1 Å². The molecule has 0 N–H and O–H groups in total. The number of hydrogen-bond donors (Lipinski definition) is 0. The van der Waals surface area contributed by atoms with Gasteiger partial charge in [0.25, 0.3) is 0 Å². The van der Waals surface area contributed by atoms with E-state index in [0.29, 0.717) is 24.6 Å². The largest absolute Gasteiger partial charge is 0.494 e. The fraction of sp³-hybridized carbons (Fsp3) is 0.462. The van der Waals surface area contributed by atoms with Crippen molar-refractivity contribution < 1.29 is 14.3 Å². The minimum absolute atomic E-state index is 0.0847. The van der Waals surface area contributed by atoms with Gasteiger partial charge in [0.15, 0.2) is 0 Å². The number of carbonyl (C=O) groups is 2. The summed E-state index contributed by atoms with van der Waals surface area (Å²) in [6.45, 7) is 5.39. The average Bonchev–Trinajstić information content (AvgIpc) is 2.82. The van der Waals surface area contributed by atoms with E-state index in [2.05, 4.69) is 33.0 Å². The van der Waals surface area contributed by atoms with E-state index in [0.717, 1.165) is 49.1 Å². The van der Waals surface area contributed by atoms with E-state index >= 15 is 0 Å². The number of imide groups is 1. The summed E-state index contributed by atoms with van der Waals surface area (Å²) >= 11 is 3.69. The zero-order valence-corrected chi connectivity index (χ0v) is 21.0. The van der Waals surface area contributed by atoms with Crippen LogP contribution < -0.4 is 9.64 Å². The number of nitrogens with zero attached hydrogens (tertiary/aromatic N) is 3. The molecular formula is C26H32BrN3O3. The van der Waals surface area contributed by atoms with Gasteiger partial charge in [-0.05, 0) is 81.1 Å². The van der Waals surface area contributed by atoms with Gasteiger partial charge in [-0.15, -0.1) is 0 Å². The second-order valence-electron chi connectivity index (χ2n) is 8.95. The van der Waals surface area contributed by atoms with Crippen molar-refractivity contribution in [3.05, 3.63) is 58.6 Å². The maximum Gasteiger partial charge on any atom is 0.331 e. The molecule has 0 aromatic heterocycles. The molecule has 3 amide bonds. The minimum Gasteiger partial charge on any atom is -0.494 e. The number of amides is 3. The van der Waals surface area contributed by atoms with Crippen molar-refractivity contribution in [1.29, 1.82) is 0 Å². The first-order chi connectivity index (χ1) is 16.0. The molecule has 0 aliphatic carbocycles. The molecule has 2 aromatic rings. The van der Waals surface area contributed by atoms with E-state index in [4.69, 9.17) is 4.74 Å². The summed E-state index contributed by atoms with van der Waals surface area (Å²) in [5, 5.41) is 0. The molecule has 0 radical (unpaired) electrons. The molecule has 2 aromatic carbocycles. The Balaban J connectivity index is 1.31. The first-order valence-electron chi connectivity index (χ1n) is 11.7. The SMILES string of the molecule is CCOc1ccc(Br)c(CC2CCN(CC3CC(=O)N(c4ccccc4)C(=O)N3C)CC2)c1. The Bertz CT molecular complexity index is 976. The third-order valence-electron chi connectivity index (χ3n) is 6.73. The quantitative estimate of drug-likeness (QED) is 0.524. The highest BCUT2D eigenvalue weighted by atomic mass is 79.9. The number of carbonyl (C=O) groups excluding carboxylic acids is 2. The number of hydrogen-bond acceptors (Lipinski definition) is 4. The molecule has 33 heavy (non-hydrogen) atoms. The number of para-hydroxylation sites is 1. The van der Waals surface area contributed by atoms with Crippen LogP contribution in [-0.2, 0) is 11.2 Å². The van der Waals surface area contributed by atoms with Gasteiger partial charge in [0.2, 0.25) is 5.91 Å². The second kappa shape index (κ2) is 10.7. The predicted octanol–water partition coefficient (Wildman–Crippen LogP) is 4.96. The summed E-state index contributed by atoms with van der Waals surface area (Å²) in [7, 11) is 1.81. The highest BCUT2D eigenvalue weighted by Gasteiger charge is 2.38. The van der Waals surface area contributed by atoms with E-state index in [1.807, 2.05) is 38.2 Å². The monoisotopic (exact) mass is 513 g/mol. The number of halogens is 1. The van der Waals surface area contributed by atoms with Gasteiger partial charge in [-0.2, -0.15) is 0 Å². The number of rotatable bonds is 7. The summed E-state index contributed by atoms with van der Waals surface area (Å²) in [6.07, 6.45) is 3.61. The lowest BCUT2D eigenvalue weighted by Gasteiger charge is -2.41. The van der Waals surface area contributed by atoms with Crippen molar-refractivity contribution in [2.75, 3.05) is 38.2 Å². The van der Waals surface area contributed by atoms with E-state index in [1.54, 1.807) is 17.0 Å². The molecule has 7 heteroatoms. The number of benzene rings is 2. The van der Waals surface area contributed by atoms with Crippen molar-refractivity contribution in [2.24, 2.45) is 5.92 Å². The van der Waals surface area contributed by atoms with Crippen molar-refractivity contribution in [2.45, 2.75) is 38.6 Å². The Kier molecular flexibility index (Phi) is 7.71. The molecule has 0 spiro atoms. The fourth-order valence-corrected chi connectivity index (χ4v) is 5.22. The fourth-order valence-electron chi connectivity index (χ4n) is 4.82. The number of likely N-dealkylation sites (tertiary alicyclic amines) is 1. The third-order valence-corrected chi connectivity index (χ3v) is 7.50. The highest BCUT2D eigenvalue weighted by Crippen LogP contribution is 2.30. The lowest BCUT2D eigenvalue weighted by molar-refractivity contribution is -0.120. The van der Waals surface area contributed by atoms with Crippen LogP contribution in [0.3, 0.4) is 0 Å². The molecule has 0 bridgehead atoms. The molecule has 1 atom stereocenters. The Morgan fingerprint density at radius 2 is 1.79 bits per heavy atom. The van der Waals surface area contributed by atoms with Crippen molar-refractivity contribution in [3.8, 4) is 5.75 Å². The molecule has 176 valence electrons. The Labute approximate surface area is 204 Å². The minimum atomic E-state index is -0.239. The van der Waals surface area contributed by atoms with Crippen LogP contribution in [0.1, 0.15) is 31.7 Å². The lowest BCUT2D eigenvalue weighted by Crippen LogP contribution is -2.58. The van der Waals surface area contributed by atoms with Crippen LogP contribution in [0.25, 0.3) is 0 Å². The summed E-state index contributed by atoms with van der Waals surface area (Å²) in [4.78, 5) is 31.2. The molecule has 2 aliphatic rings. The van der Waals surface area contributed by atoms with Crippen molar-refractivity contribution in [1.82, 2.24) is 9.80 Å². The molecule has 6 nitrogen and oxygen atoms in total. The Morgan fingerprint density at radius 3 is 2.48 bits per heavy atom. The smallest absolute Gasteiger partial charge is 0.331 e. The van der Waals surface area contributed by atoms with E-state index in [-0.39, 0.29) is 18.0 Å². The Morgan fingerprint density at radius 1 is 1.06 bits per heavy atom. The zero-order valence-electron chi connectivity index (χ0n) is 19.4. The van der Waals surface area contributed by atoms with Crippen molar-refractivity contribution >= 4 is 33.6 Å². The number of urea groups is 1. The summed E-state index contributed by atoms with van der Waals surface area (Å²) in [6, 6.07) is 15.1. The Hall–Kier alpha value is -2.38. The third kappa shape index (κ3) is 5.58. The molecule has 2 saturated heterocycles. The van der Waals surface area contributed by atoms with E-state index in [1.165, 1.54) is 10.5 Å². The number of piperidine rings is 1. The molecule has 2 fully saturated rings. The van der Waals surface area contributed by atoms with Gasteiger partial charge >= 0.3 is 6.03 Å². The van der Waals surface area contributed by atoms with E-state index in [9.17, 15) is 9.59 Å². The standard InChI is InChI=1S/C26H32BrN3O3/c1-3-33-23-9-10-24(27)20(16-23)15-19-11-13-29(14-12-19)18-22-17-25(31)30(26(32)28(22)2)21-7-5-4-6-8-21/h4-10,16,19,22H,3,11-15,17-18H2,1-2H3.